The maximum atomic E-state index is 10.4. The van der Waals surface area contributed by atoms with E-state index >= 15 is 0 Å². The van der Waals surface area contributed by atoms with Gasteiger partial charge in [-0.1, -0.05) is 13.3 Å². The molecule has 0 aliphatic heterocycles. The molecule has 0 aromatic rings. The average Bonchev–Trinajstić information content (AvgIpc) is 1.89. The van der Waals surface area contributed by atoms with E-state index in [9.17, 15) is 4.79 Å². The molecular formula is C8H16OS. The Labute approximate surface area is 67.6 Å². The topological polar surface area (TPSA) is 17.1 Å². The van der Waals surface area contributed by atoms with Gasteiger partial charge in [0.1, 0.15) is 6.29 Å². The number of carbonyl (C=O) groups is 1. The molecule has 0 amide bonds. The van der Waals surface area contributed by atoms with Crippen LogP contribution in [-0.4, -0.2) is 16.8 Å². The molecule has 0 aromatic heterocycles. The van der Waals surface area contributed by atoms with E-state index in [1.54, 1.807) is 11.8 Å². The highest BCUT2D eigenvalue weighted by Gasteiger charge is 2.15. The zero-order chi connectivity index (χ0) is 8.04. The van der Waals surface area contributed by atoms with Crippen molar-refractivity contribution in [1.29, 1.82) is 0 Å². The molecule has 0 aliphatic carbocycles. The maximum Gasteiger partial charge on any atom is 0.135 e. The van der Waals surface area contributed by atoms with E-state index in [1.807, 2.05) is 13.8 Å². The minimum atomic E-state index is -0.171. The van der Waals surface area contributed by atoms with E-state index in [2.05, 4.69) is 6.92 Å². The molecular weight excluding hydrogens is 144 g/mol. The normalized spacial score (nSPS) is 11.5. The first kappa shape index (κ1) is 10.0. The van der Waals surface area contributed by atoms with Crippen molar-refractivity contribution in [2.24, 2.45) is 0 Å². The summed E-state index contributed by atoms with van der Waals surface area (Å²) in [5.41, 5.74) is 0. The molecule has 10 heavy (non-hydrogen) atoms. The Morgan fingerprint density at radius 1 is 1.50 bits per heavy atom. The molecule has 0 spiro atoms. The van der Waals surface area contributed by atoms with Crippen LogP contribution in [0.4, 0.5) is 0 Å². The fourth-order valence-electron chi connectivity index (χ4n) is 0.514. The van der Waals surface area contributed by atoms with Crippen LogP contribution in [-0.2, 0) is 4.79 Å². The Morgan fingerprint density at radius 3 is 2.50 bits per heavy atom. The van der Waals surface area contributed by atoms with Crippen molar-refractivity contribution in [2.75, 3.05) is 5.75 Å². The van der Waals surface area contributed by atoms with Crippen LogP contribution in [0.3, 0.4) is 0 Å². The number of unbranched alkanes of at least 4 members (excludes halogenated alkanes) is 1. The Hall–Kier alpha value is 0.0200. The van der Waals surface area contributed by atoms with Crippen LogP contribution in [0.2, 0.25) is 0 Å². The van der Waals surface area contributed by atoms with Crippen LogP contribution in [0.15, 0.2) is 0 Å². The van der Waals surface area contributed by atoms with Gasteiger partial charge in [0.05, 0.1) is 4.75 Å². The highest BCUT2D eigenvalue weighted by Crippen LogP contribution is 2.22. The Kier molecular flexibility index (Phi) is 4.79. The second-order valence-electron chi connectivity index (χ2n) is 2.92. The SMILES string of the molecule is CCCCSC(C)(C)C=O. The van der Waals surface area contributed by atoms with Crippen molar-refractivity contribution < 1.29 is 4.79 Å². The Balaban J connectivity index is 3.37. The van der Waals surface area contributed by atoms with Gasteiger partial charge in [0.15, 0.2) is 0 Å². The number of aldehydes is 1. The minimum absolute atomic E-state index is 0.171. The first-order valence-corrected chi connectivity index (χ1v) is 4.71. The van der Waals surface area contributed by atoms with Gasteiger partial charge in [-0.05, 0) is 26.0 Å². The summed E-state index contributed by atoms with van der Waals surface area (Å²) >= 11 is 1.74. The summed E-state index contributed by atoms with van der Waals surface area (Å²) < 4.78 is -0.171. The summed E-state index contributed by atoms with van der Waals surface area (Å²) in [5, 5.41) is 0. The first-order chi connectivity index (χ1) is 4.62. The Morgan fingerprint density at radius 2 is 2.10 bits per heavy atom. The highest BCUT2D eigenvalue weighted by molar-refractivity contribution is 8.01. The molecule has 0 atom stereocenters. The van der Waals surface area contributed by atoms with Gasteiger partial charge < -0.3 is 4.79 Å². The third-order valence-electron chi connectivity index (χ3n) is 1.26. The van der Waals surface area contributed by atoms with Crippen molar-refractivity contribution in [3.05, 3.63) is 0 Å². The summed E-state index contributed by atoms with van der Waals surface area (Å²) in [6, 6.07) is 0. The molecule has 0 N–H and O–H groups in total. The maximum absolute atomic E-state index is 10.4. The van der Waals surface area contributed by atoms with E-state index in [-0.39, 0.29) is 4.75 Å². The van der Waals surface area contributed by atoms with Gasteiger partial charge in [-0.2, -0.15) is 0 Å². The second kappa shape index (κ2) is 4.78. The molecule has 60 valence electrons. The third-order valence-corrected chi connectivity index (χ3v) is 2.59. The van der Waals surface area contributed by atoms with E-state index in [0.717, 1.165) is 12.0 Å². The van der Waals surface area contributed by atoms with Gasteiger partial charge >= 0.3 is 0 Å². The van der Waals surface area contributed by atoms with Gasteiger partial charge in [0.2, 0.25) is 0 Å². The lowest BCUT2D eigenvalue weighted by atomic mass is 10.2. The Bertz CT molecular complexity index is 99.4. The zero-order valence-corrected chi connectivity index (χ0v) is 7.83. The average molecular weight is 160 g/mol. The predicted molar refractivity (Wildman–Crippen MR) is 47.5 cm³/mol. The van der Waals surface area contributed by atoms with E-state index in [4.69, 9.17) is 0 Å². The van der Waals surface area contributed by atoms with Gasteiger partial charge in [-0.25, -0.2) is 0 Å². The monoisotopic (exact) mass is 160 g/mol. The van der Waals surface area contributed by atoms with Crippen molar-refractivity contribution >= 4 is 18.0 Å². The standard InChI is InChI=1S/C8H16OS/c1-4-5-6-10-8(2,3)7-9/h7H,4-6H2,1-3H3. The molecule has 0 saturated heterocycles. The van der Waals surface area contributed by atoms with E-state index < -0.39 is 0 Å². The summed E-state index contributed by atoms with van der Waals surface area (Å²) in [7, 11) is 0. The van der Waals surface area contributed by atoms with E-state index in [1.165, 1.54) is 12.8 Å². The molecule has 0 aliphatic rings. The number of thioether (sulfide) groups is 1. The van der Waals surface area contributed by atoms with E-state index in [0.29, 0.717) is 0 Å². The second-order valence-corrected chi connectivity index (χ2v) is 4.67. The van der Waals surface area contributed by atoms with Gasteiger partial charge in [-0.3, -0.25) is 0 Å². The smallest absolute Gasteiger partial charge is 0.135 e. The molecule has 0 radical (unpaired) electrons. The van der Waals surface area contributed by atoms with Crippen molar-refractivity contribution in [3.63, 3.8) is 0 Å². The number of hydrogen-bond acceptors (Lipinski definition) is 2. The minimum Gasteiger partial charge on any atom is -0.302 e. The van der Waals surface area contributed by atoms with Gasteiger partial charge in [-0.15, -0.1) is 11.8 Å². The molecule has 0 aromatic carbocycles. The number of hydrogen-bond donors (Lipinski definition) is 0. The van der Waals surface area contributed by atoms with Crippen LogP contribution in [0.5, 0.6) is 0 Å². The predicted octanol–water partition coefficient (Wildman–Crippen LogP) is 2.50. The lowest BCUT2D eigenvalue weighted by Crippen LogP contribution is -2.16. The lowest BCUT2D eigenvalue weighted by Gasteiger charge is -2.14. The largest absolute Gasteiger partial charge is 0.302 e. The third kappa shape index (κ3) is 4.86. The molecule has 0 fully saturated rings. The number of carbonyl (C=O) groups excluding carboxylic acids is 1. The molecule has 0 saturated carbocycles. The van der Waals surface area contributed by atoms with Crippen LogP contribution >= 0.6 is 11.8 Å². The molecule has 1 nitrogen and oxygen atoms in total. The summed E-state index contributed by atoms with van der Waals surface area (Å²) in [4.78, 5) is 10.4. The zero-order valence-electron chi connectivity index (χ0n) is 7.02. The molecule has 0 rings (SSSR count). The summed E-state index contributed by atoms with van der Waals surface area (Å²) in [6.07, 6.45) is 3.44. The fourth-order valence-corrected chi connectivity index (χ4v) is 1.54. The van der Waals surface area contributed by atoms with Crippen LogP contribution in [0.1, 0.15) is 33.6 Å². The molecule has 0 bridgehead atoms. The fraction of sp³-hybridized carbons (Fsp3) is 0.875. The summed E-state index contributed by atoms with van der Waals surface area (Å²) in [5.74, 6) is 1.10. The van der Waals surface area contributed by atoms with Crippen molar-refractivity contribution in [3.8, 4) is 0 Å². The highest BCUT2D eigenvalue weighted by atomic mass is 32.2. The number of rotatable bonds is 5. The molecule has 0 heterocycles. The van der Waals surface area contributed by atoms with Gasteiger partial charge in [0.25, 0.3) is 0 Å². The summed E-state index contributed by atoms with van der Waals surface area (Å²) in [6.45, 7) is 6.08. The van der Waals surface area contributed by atoms with Crippen LogP contribution < -0.4 is 0 Å². The van der Waals surface area contributed by atoms with Crippen LogP contribution in [0.25, 0.3) is 0 Å². The lowest BCUT2D eigenvalue weighted by molar-refractivity contribution is -0.109. The van der Waals surface area contributed by atoms with Crippen molar-refractivity contribution in [2.45, 2.75) is 38.4 Å². The van der Waals surface area contributed by atoms with Gasteiger partial charge in [0, 0.05) is 0 Å². The quantitative estimate of drug-likeness (QED) is 0.454. The molecule has 2 heteroatoms. The first-order valence-electron chi connectivity index (χ1n) is 3.72. The van der Waals surface area contributed by atoms with Crippen LogP contribution in [0, 0.1) is 0 Å². The van der Waals surface area contributed by atoms with Crippen molar-refractivity contribution in [1.82, 2.24) is 0 Å². The molecule has 0 unspecified atom stereocenters.